The van der Waals surface area contributed by atoms with Crippen LogP contribution in [-0.2, 0) is 0 Å². The fourth-order valence-electron chi connectivity index (χ4n) is 3.62. The van der Waals surface area contributed by atoms with Gasteiger partial charge in [-0.2, -0.15) is 0 Å². The standard InChI is InChI=1S/C17H32N2O/c1-3-14(2)13-15-9-11-19(12-10-15)17(20)18-16-7-5-4-6-8-16/h14-16H,3-13H2,1-2H3,(H,18,20). The number of nitrogens with zero attached hydrogens (tertiary/aromatic N) is 1. The van der Waals surface area contributed by atoms with Gasteiger partial charge in [-0.1, -0.05) is 39.5 Å². The second-order valence-corrected chi connectivity index (χ2v) is 6.96. The van der Waals surface area contributed by atoms with Gasteiger partial charge in [-0.25, -0.2) is 4.79 Å². The van der Waals surface area contributed by atoms with Gasteiger partial charge < -0.3 is 10.2 Å². The first-order chi connectivity index (χ1) is 9.69. The highest BCUT2D eigenvalue weighted by molar-refractivity contribution is 5.74. The van der Waals surface area contributed by atoms with E-state index in [2.05, 4.69) is 19.2 Å². The highest BCUT2D eigenvalue weighted by atomic mass is 16.2. The molecule has 1 heterocycles. The molecule has 2 aliphatic rings. The van der Waals surface area contributed by atoms with Crippen LogP contribution in [-0.4, -0.2) is 30.1 Å². The zero-order valence-corrected chi connectivity index (χ0v) is 13.4. The van der Waals surface area contributed by atoms with Crippen molar-refractivity contribution in [3.05, 3.63) is 0 Å². The lowest BCUT2D eigenvalue weighted by atomic mass is 9.87. The molecular weight excluding hydrogens is 248 g/mol. The number of nitrogens with one attached hydrogen (secondary N) is 1. The zero-order valence-electron chi connectivity index (χ0n) is 13.4. The molecule has 0 bridgehead atoms. The maximum absolute atomic E-state index is 12.3. The van der Waals surface area contributed by atoms with Crippen LogP contribution in [0.1, 0.15) is 71.6 Å². The van der Waals surface area contributed by atoms with Crippen molar-refractivity contribution in [2.75, 3.05) is 13.1 Å². The molecule has 2 fully saturated rings. The lowest BCUT2D eigenvalue weighted by Crippen LogP contribution is -2.48. The van der Waals surface area contributed by atoms with Gasteiger partial charge in [0.15, 0.2) is 0 Å². The van der Waals surface area contributed by atoms with Gasteiger partial charge in [-0.3, -0.25) is 0 Å². The molecule has 116 valence electrons. The molecule has 20 heavy (non-hydrogen) atoms. The minimum Gasteiger partial charge on any atom is -0.335 e. The van der Waals surface area contributed by atoms with Gasteiger partial charge in [-0.15, -0.1) is 0 Å². The quantitative estimate of drug-likeness (QED) is 0.823. The Morgan fingerprint density at radius 2 is 1.80 bits per heavy atom. The van der Waals surface area contributed by atoms with Crippen LogP contribution in [0.25, 0.3) is 0 Å². The first-order valence-electron chi connectivity index (χ1n) is 8.74. The van der Waals surface area contributed by atoms with Crippen LogP contribution < -0.4 is 5.32 Å². The van der Waals surface area contributed by atoms with E-state index in [-0.39, 0.29) is 6.03 Å². The van der Waals surface area contributed by atoms with E-state index in [1.165, 1.54) is 57.8 Å². The zero-order chi connectivity index (χ0) is 14.4. The molecule has 0 radical (unpaired) electrons. The smallest absolute Gasteiger partial charge is 0.317 e. The number of likely N-dealkylation sites (tertiary alicyclic amines) is 1. The van der Waals surface area contributed by atoms with Crippen LogP contribution in [0.2, 0.25) is 0 Å². The summed E-state index contributed by atoms with van der Waals surface area (Å²) < 4.78 is 0. The van der Waals surface area contributed by atoms with Crippen LogP contribution in [0.3, 0.4) is 0 Å². The third-order valence-electron chi connectivity index (χ3n) is 5.27. The normalized spacial score (nSPS) is 23.6. The molecule has 1 aliphatic carbocycles. The molecule has 3 nitrogen and oxygen atoms in total. The fraction of sp³-hybridized carbons (Fsp3) is 0.941. The molecule has 2 amide bonds. The second-order valence-electron chi connectivity index (χ2n) is 6.96. The molecule has 1 N–H and O–H groups in total. The summed E-state index contributed by atoms with van der Waals surface area (Å²) >= 11 is 0. The molecule has 0 aromatic carbocycles. The monoisotopic (exact) mass is 280 g/mol. The Bertz CT molecular complexity index is 291. The van der Waals surface area contributed by atoms with Gasteiger partial charge in [0, 0.05) is 19.1 Å². The fourth-order valence-corrected chi connectivity index (χ4v) is 3.62. The van der Waals surface area contributed by atoms with Crippen molar-refractivity contribution in [2.24, 2.45) is 11.8 Å². The number of hydrogen-bond acceptors (Lipinski definition) is 1. The van der Waals surface area contributed by atoms with Gasteiger partial charge >= 0.3 is 6.03 Å². The van der Waals surface area contributed by atoms with E-state index in [0.717, 1.165) is 24.9 Å². The molecule has 1 saturated heterocycles. The third kappa shape index (κ3) is 4.68. The van der Waals surface area contributed by atoms with E-state index in [4.69, 9.17) is 0 Å². The summed E-state index contributed by atoms with van der Waals surface area (Å²) in [4.78, 5) is 14.3. The Morgan fingerprint density at radius 3 is 2.40 bits per heavy atom. The minimum atomic E-state index is 0.193. The molecule has 3 heteroatoms. The lowest BCUT2D eigenvalue weighted by molar-refractivity contribution is 0.157. The Labute approximate surface area is 124 Å². The van der Waals surface area contributed by atoms with E-state index in [1.54, 1.807) is 0 Å². The van der Waals surface area contributed by atoms with Gasteiger partial charge in [0.05, 0.1) is 0 Å². The number of carbonyl (C=O) groups excluding carboxylic acids is 1. The minimum absolute atomic E-state index is 0.193. The van der Waals surface area contributed by atoms with Crippen molar-refractivity contribution in [2.45, 2.75) is 77.7 Å². The van der Waals surface area contributed by atoms with Crippen LogP contribution >= 0.6 is 0 Å². The van der Waals surface area contributed by atoms with Crippen molar-refractivity contribution < 1.29 is 4.79 Å². The predicted molar refractivity (Wildman–Crippen MR) is 83.8 cm³/mol. The highest BCUT2D eigenvalue weighted by Crippen LogP contribution is 2.25. The van der Waals surface area contributed by atoms with Gasteiger partial charge in [0.25, 0.3) is 0 Å². The maximum Gasteiger partial charge on any atom is 0.317 e. The SMILES string of the molecule is CCC(C)CC1CCN(C(=O)NC2CCCCC2)CC1. The summed E-state index contributed by atoms with van der Waals surface area (Å²) in [5.74, 6) is 1.67. The predicted octanol–water partition coefficient (Wildman–Crippen LogP) is 4.18. The lowest BCUT2D eigenvalue weighted by Gasteiger charge is -2.34. The second kappa shape index (κ2) is 7.90. The molecule has 1 saturated carbocycles. The van der Waals surface area contributed by atoms with Crippen LogP contribution in [0, 0.1) is 11.8 Å². The summed E-state index contributed by atoms with van der Waals surface area (Å²) in [6.07, 6.45) is 11.3. The Morgan fingerprint density at radius 1 is 1.15 bits per heavy atom. The van der Waals surface area contributed by atoms with E-state index in [0.29, 0.717) is 6.04 Å². The van der Waals surface area contributed by atoms with Crippen molar-refractivity contribution in [1.29, 1.82) is 0 Å². The van der Waals surface area contributed by atoms with E-state index < -0.39 is 0 Å². The molecule has 1 aliphatic heterocycles. The van der Waals surface area contributed by atoms with E-state index in [1.807, 2.05) is 4.90 Å². The highest BCUT2D eigenvalue weighted by Gasteiger charge is 2.25. The largest absolute Gasteiger partial charge is 0.335 e. The number of amides is 2. The Kier molecular flexibility index (Phi) is 6.18. The van der Waals surface area contributed by atoms with Crippen LogP contribution in [0.5, 0.6) is 0 Å². The molecular formula is C17H32N2O. The van der Waals surface area contributed by atoms with Gasteiger partial charge in [-0.05, 0) is 43.9 Å². The number of carbonyl (C=O) groups is 1. The molecule has 1 atom stereocenters. The van der Waals surface area contributed by atoms with Crippen LogP contribution in [0.4, 0.5) is 4.79 Å². The Hall–Kier alpha value is -0.730. The average Bonchev–Trinajstić information content (AvgIpc) is 2.49. The molecule has 2 rings (SSSR count). The van der Waals surface area contributed by atoms with Crippen LogP contribution in [0.15, 0.2) is 0 Å². The first kappa shape index (κ1) is 15.7. The summed E-state index contributed by atoms with van der Waals surface area (Å²) in [7, 11) is 0. The Balaban J connectivity index is 1.68. The van der Waals surface area contributed by atoms with E-state index >= 15 is 0 Å². The van der Waals surface area contributed by atoms with E-state index in [9.17, 15) is 4.79 Å². The van der Waals surface area contributed by atoms with Crippen molar-refractivity contribution in [1.82, 2.24) is 10.2 Å². The number of urea groups is 1. The average molecular weight is 280 g/mol. The summed E-state index contributed by atoms with van der Waals surface area (Å²) in [6, 6.07) is 0.632. The summed E-state index contributed by atoms with van der Waals surface area (Å²) in [6.45, 7) is 6.54. The van der Waals surface area contributed by atoms with Gasteiger partial charge in [0.1, 0.15) is 0 Å². The van der Waals surface area contributed by atoms with Gasteiger partial charge in [0.2, 0.25) is 0 Å². The number of piperidine rings is 1. The van der Waals surface area contributed by atoms with Crippen molar-refractivity contribution in [3.8, 4) is 0 Å². The molecule has 0 aromatic rings. The van der Waals surface area contributed by atoms with Crippen molar-refractivity contribution in [3.63, 3.8) is 0 Å². The first-order valence-corrected chi connectivity index (χ1v) is 8.74. The third-order valence-corrected chi connectivity index (χ3v) is 5.27. The molecule has 1 unspecified atom stereocenters. The topological polar surface area (TPSA) is 32.3 Å². The number of rotatable bonds is 4. The summed E-state index contributed by atoms with van der Waals surface area (Å²) in [5.41, 5.74) is 0. The molecule has 0 spiro atoms. The maximum atomic E-state index is 12.3. The summed E-state index contributed by atoms with van der Waals surface area (Å²) in [5, 5.41) is 3.24. The molecule has 0 aromatic heterocycles. The van der Waals surface area contributed by atoms with Crippen molar-refractivity contribution >= 4 is 6.03 Å². The number of hydrogen-bond donors (Lipinski definition) is 1.